The monoisotopic (exact) mass is 258 g/mol. The lowest BCUT2D eigenvalue weighted by Gasteiger charge is -2.16. The van der Waals surface area contributed by atoms with Crippen LogP contribution >= 0.6 is 0 Å². The molecule has 0 saturated heterocycles. The molecule has 2 heterocycles. The number of hydrogen-bond donors (Lipinski definition) is 2. The van der Waals surface area contributed by atoms with Crippen LogP contribution in [0, 0.1) is 11.8 Å². The number of hydrogen-bond acceptors (Lipinski definition) is 2. The Balaban J connectivity index is 1.81. The standard InChI is InChI=1S/C15H19N3O/c1-2-10-5-6-18(19)15-13(10)16-14(17-15)12-8-9-3-4-11(12)7-9/h5-6,9,11-12,19H,2-4,7-8H2,1H3/p+1. The molecular formula is C15H20N3O+. The van der Waals surface area contributed by atoms with Crippen molar-refractivity contribution in [3.05, 3.63) is 23.7 Å². The smallest absolute Gasteiger partial charge is 0.350 e. The first-order chi connectivity index (χ1) is 9.26. The van der Waals surface area contributed by atoms with Crippen molar-refractivity contribution < 1.29 is 9.94 Å². The molecule has 4 heteroatoms. The van der Waals surface area contributed by atoms with Crippen LogP contribution in [-0.2, 0) is 6.42 Å². The summed E-state index contributed by atoms with van der Waals surface area (Å²) in [4.78, 5) is 8.17. The second-order valence-electron chi connectivity index (χ2n) is 6.14. The fraction of sp³-hybridized carbons (Fsp3) is 0.600. The zero-order valence-corrected chi connectivity index (χ0v) is 11.3. The molecule has 2 aromatic rings. The molecule has 2 saturated carbocycles. The Labute approximate surface area is 112 Å². The summed E-state index contributed by atoms with van der Waals surface area (Å²) in [7, 11) is 0. The van der Waals surface area contributed by atoms with Crippen molar-refractivity contribution in [2.24, 2.45) is 11.8 Å². The zero-order chi connectivity index (χ0) is 13.0. The van der Waals surface area contributed by atoms with E-state index in [1.54, 1.807) is 6.20 Å². The van der Waals surface area contributed by atoms with Crippen LogP contribution in [0.1, 0.15) is 49.9 Å². The van der Waals surface area contributed by atoms with Crippen LogP contribution in [0.15, 0.2) is 12.3 Å². The van der Waals surface area contributed by atoms with E-state index in [1.165, 1.54) is 31.2 Å². The summed E-state index contributed by atoms with van der Waals surface area (Å²) < 4.78 is 1.14. The highest BCUT2D eigenvalue weighted by molar-refractivity contribution is 5.71. The van der Waals surface area contributed by atoms with Crippen molar-refractivity contribution in [1.29, 1.82) is 0 Å². The van der Waals surface area contributed by atoms with Crippen molar-refractivity contribution >= 4 is 11.2 Å². The van der Waals surface area contributed by atoms with Gasteiger partial charge in [-0.3, -0.25) is 0 Å². The number of imidazole rings is 1. The molecule has 4 rings (SSSR count). The molecule has 0 amide bonds. The third kappa shape index (κ3) is 1.58. The molecule has 2 N–H and O–H groups in total. The van der Waals surface area contributed by atoms with Gasteiger partial charge in [-0.1, -0.05) is 13.3 Å². The number of aromatic nitrogens is 3. The first-order valence-electron chi connectivity index (χ1n) is 7.38. The van der Waals surface area contributed by atoms with Crippen LogP contribution in [0.25, 0.3) is 11.2 Å². The van der Waals surface area contributed by atoms with E-state index in [9.17, 15) is 5.21 Å². The van der Waals surface area contributed by atoms with Gasteiger partial charge >= 0.3 is 5.65 Å². The number of H-pyrrole nitrogens is 1. The number of rotatable bonds is 2. The second-order valence-corrected chi connectivity index (χ2v) is 6.14. The number of fused-ring (bicyclic) bond motifs is 3. The van der Waals surface area contributed by atoms with Crippen LogP contribution in [-0.4, -0.2) is 15.2 Å². The van der Waals surface area contributed by atoms with E-state index in [0.717, 1.165) is 34.3 Å². The predicted molar refractivity (Wildman–Crippen MR) is 71.0 cm³/mol. The minimum Gasteiger partial charge on any atom is -0.350 e. The molecule has 0 spiro atoms. The number of pyridine rings is 1. The Hall–Kier alpha value is -1.58. The third-order valence-electron chi connectivity index (χ3n) is 5.13. The topological polar surface area (TPSA) is 52.8 Å². The van der Waals surface area contributed by atoms with Crippen molar-refractivity contribution in [3.8, 4) is 0 Å². The SMILES string of the molecule is CCc1cc[n+](O)c2nc(C3CC4CCC3C4)[nH]c12. The molecule has 4 nitrogen and oxygen atoms in total. The summed E-state index contributed by atoms with van der Waals surface area (Å²) >= 11 is 0. The Morgan fingerprint density at radius 1 is 1.42 bits per heavy atom. The first kappa shape index (κ1) is 11.3. The Morgan fingerprint density at radius 3 is 3.00 bits per heavy atom. The highest BCUT2D eigenvalue weighted by Gasteiger charge is 2.43. The lowest BCUT2D eigenvalue weighted by atomic mass is 9.88. The molecule has 0 aromatic carbocycles. The summed E-state index contributed by atoms with van der Waals surface area (Å²) in [5.74, 6) is 3.39. The summed E-state index contributed by atoms with van der Waals surface area (Å²) in [6.07, 6.45) is 8.05. The van der Waals surface area contributed by atoms with Gasteiger partial charge in [0.25, 0.3) is 0 Å². The molecule has 3 atom stereocenters. The second kappa shape index (κ2) is 3.95. The maximum absolute atomic E-state index is 9.91. The average molecular weight is 258 g/mol. The van der Waals surface area contributed by atoms with E-state index in [2.05, 4.69) is 16.9 Å². The van der Waals surface area contributed by atoms with E-state index >= 15 is 0 Å². The van der Waals surface area contributed by atoms with Gasteiger partial charge in [-0.25, -0.2) is 0 Å². The maximum Gasteiger partial charge on any atom is 0.387 e. The molecule has 0 radical (unpaired) electrons. The van der Waals surface area contributed by atoms with E-state index in [4.69, 9.17) is 0 Å². The largest absolute Gasteiger partial charge is 0.387 e. The van der Waals surface area contributed by atoms with Gasteiger partial charge in [-0.05, 0) is 58.9 Å². The minimum atomic E-state index is 0.579. The molecule has 3 unspecified atom stereocenters. The van der Waals surface area contributed by atoms with Crippen molar-refractivity contribution in [3.63, 3.8) is 0 Å². The first-order valence-corrected chi connectivity index (χ1v) is 7.38. The summed E-state index contributed by atoms with van der Waals surface area (Å²) in [6, 6.07) is 1.96. The van der Waals surface area contributed by atoms with Gasteiger partial charge in [0.1, 0.15) is 11.7 Å². The molecule has 100 valence electrons. The van der Waals surface area contributed by atoms with E-state index < -0.39 is 0 Å². The molecule has 2 aliphatic rings. The van der Waals surface area contributed by atoms with Crippen LogP contribution in [0.5, 0.6) is 0 Å². The molecule has 19 heavy (non-hydrogen) atoms. The van der Waals surface area contributed by atoms with Crippen molar-refractivity contribution in [2.45, 2.75) is 44.9 Å². The normalized spacial score (nSPS) is 29.4. The minimum absolute atomic E-state index is 0.579. The van der Waals surface area contributed by atoms with E-state index in [1.807, 2.05) is 6.07 Å². The molecular weight excluding hydrogens is 238 g/mol. The average Bonchev–Trinajstić information content (AvgIpc) is 3.13. The summed E-state index contributed by atoms with van der Waals surface area (Å²) in [5, 5.41) is 9.91. The molecule has 2 aliphatic carbocycles. The number of aromatic amines is 1. The number of nitrogens with one attached hydrogen (secondary N) is 1. The number of nitrogens with zero attached hydrogens (tertiary/aromatic N) is 2. The summed E-state index contributed by atoms with van der Waals surface area (Å²) in [5.41, 5.74) is 2.91. The lowest BCUT2D eigenvalue weighted by Crippen LogP contribution is -2.30. The summed E-state index contributed by atoms with van der Waals surface area (Å²) in [6.45, 7) is 2.13. The van der Waals surface area contributed by atoms with Crippen LogP contribution in [0.4, 0.5) is 0 Å². The fourth-order valence-corrected chi connectivity index (χ4v) is 4.14. The molecule has 0 aliphatic heterocycles. The molecule has 2 aromatic heterocycles. The number of aryl methyl sites for hydroxylation is 1. The van der Waals surface area contributed by atoms with Crippen LogP contribution < -0.4 is 4.73 Å². The van der Waals surface area contributed by atoms with Gasteiger partial charge < -0.3 is 10.2 Å². The van der Waals surface area contributed by atoms with Crippen LogP contribution in [0.3, 0.4) is 0 Å². The third-order valence-corrected chi connectivity index (χ3v) is 5.13. The predicted octanol–water partition coefficient (Wildman–Crippen LogP) is 2.55. The van der Waals surface area contributed by atoms with Gasteiger partial charge in [-0.15, -0.1) is 0 Å². The highest BCUT2D eigenvalue weighted by Crippen LogP contribution is 2.52. The van der Waals surface area contributed by atoms with Crippen molar-refractivity contribution in [2.75, 3.05) is 0 Å². The Bertz CT molecular complexity index is 634. The van der Waals surface area contributed by atoms with Crippen LogP contribution in [0.2, 0.25) is 0 Å². The Kier molecular flexibility index (Phi) is 2.34. The van der Waals surface area contributed by atoms with Gasteiger partial charge in [0.05, 0.1) is 0 Å². The Morgan fingerprint density at radius 2 is 2.32 bits per heavy atom. The van der Waals surface area contributed by atoms with Gasteiger partial charge in [0, 0.05) is 5.92 Å². The van der Waals surface area contributed by atoms with Gasteiger partial charge in [0.15, 0.2) is 0 Å². The lowest BCUT2D eigenvalue weighted by molar-refractivity contribution is -0.886. The highest BCUT2D eigenvalue weighted by atomic mass is 16.5. The zero-order valence-electron chi connectivity index (χ0n) is 11.3. The molecule has 2 bridgehead atoms. The fourth-order valence-electron chi connectivity index (χ4n) is 4.14. The maximum atomic E-state index is 9.91. The molecule has 2 fully saturated rings. The van der Waals surface area contributed by atoms with E-state index in [-0.39, 0.29) is 0 Å². The quantitative estimate of drug-likeness (QED) is 0.642. The van der Waals surface area contributed by atoms with Crippen molar-refractivity contribution in [1.82, 2.24) is 9.97 Å². The van der Waals surface area contributed by atoms with Gasteiger partial charge in [-0.2, -0.15) is 0 Å². The van der Waals surface area contributed by atoms with E-state index in [0.29, 0.717) is 11.6 Å². The van der Waals surface area contributed by atoms with Gasteiger partial charge in [0.2, 0.25) is 5.82 Å².